The summed E-state index contributed by atoms with van der Waals surface area (Å²) in [6.45, 7) is 4.72. The highest BCUT2D eigenvalue weighted by molar-refractivity contribution is 6.21. The molecular weight excluding hydrogens is 825 g/mol. The predicted octanol–water partition coefficient (Wildman–Crippen LogP) is 18.1. The van der Waals surface area contributed by atoms with Gasteiger partial charge in [-0.1, -0.05) is 184 Å². The van der Waals surface area contributed by atoms with Gasteiger partial charge in [-0.05, 0) is 110 Å². The fraction of sp³-hybridized carbons (Fsp3) is 0.0462. The Morgan fingerprint density at radius 3 is 1.74 bits per heavy atom. The third-order valence-corrected chi connectivity index (χ3v) is 14.8. The standard InChI is InChI=1S/C65H44N2O/c1-65(2)55-26-12-7-21-49(55)50-36-33-43(39-56(50)65)46-19-8-13-27-57(46)67(61-40-42-17-3-4-18-45(42)48-20-5-6-22-51(48)61)60-38-37-47(64-63(60)54-25-11-16-30-62(54)68-64)41-31-34-44(35-32-41)66-58-28-14-9-23-52(58)53-24-10-15-29-59(53)66/h3-40H,1-2H3. The molecule has 0 aliphatic heterocycles. The molecule has 3 nitrogen and oxygen atoms in total. The van der Waals surface area contributed by atoms with Crippen LogP contribution < -0.4 is 4.90 Å². The highest BCUT2D eigenvalue weighted by Crippen LogP contribution is 2.53. The first-order valence-corrected chi connectivity index (χ1v) is 23.6. The van der Waals surface area contributed by atoms with E-state index in [1.54, 1.807) is 0 Å². The van der Waals surface area contributed by atoms with Gasteiger partial charge in [0.15, 0.2) is 0 Å². The highest BCUT2D eigenvalue weighted by atomic mass is 16.3. The van der Waals surface area contributed by atoms with Crippen molar-refractivity contribution in [2.24, 2.45) is 0 Å². The van der Waals surface area contributed by atoms with Crippen LogP contribution in [0.2, 0.25) is 0 Å². The van der Waals surface area contributed by atoms with Crippen LogP contribution in [0.15, 0.2) is 235 Å². The van der Waals surface area contributed by atoms with E-state index in [-0.39, 0.29) is 5.41 Å². The van der Waals surface area contributed by atoms with E-state index in [0.29, 0.717) is 0 Å². The van der Waals surface area contributed by atoms with Crippen molar-refractivity contribution in [3.05, 3.63) is 242 Å². The number of hydrogen-bond donors (Lipinski definition) is 0. The second kappa shape index (κ2) is 14.7. The van der Waals surface area contributed by atoms with Crippen LogP contribution in [0.4, 0.5) is 17.1 Å². The summed E-state index contributed by atoms with van der Waals surface area (Å²) in [5.74, 6) is 0. The molecule has 0 saturated heterocycles. The van der Waals surface area contributed by atoms with E-state index in [1.807, 2.05) is 0 Å². The SMILES string of the molecule is CC1(C)c2ccccc2-c2ccc(-c3ccccc3N(c3cc4ccccc4c4ccccc34)c3ccc(-c4ccc(-n5c6ccccc6c6ccccc65)cc4)c4oc5ccccc5c34)cc21. The zero-order valence-electron chi connectivity index (χ0n) is 37.7. The second-order valence-electron chi connectivity index (χ2n) is 18.8. The van der Waals surface area contributed by atoms with Crippen molar-refractivity contribution in [3.63, 3.8) is 0 Å². The molecule has 14 rings (SSSR count). The van der Waals surface area contributed by atoms with E-state index in [4.69, 9.17) is 4.42 Å². The van der Waals surface area contributed by atoms with Gasteiger partial charge in [0.05, 0.1) is 33.5 Å². The third kappa shape index (κ3) is 5.60. The Hall–Kier alpha value is -8.66. The Kier molecular flexibility index (Phi) is 8.33. The largest absolute Gasteiger partial charge is 0.455 e. The maximum atomic E-state index is 7.06. The number of para-hydroxylation sites is 4. The van der Waals surface area contributed by atoms with Crippen molar-refractivity contribution in [1.29, 1.82) is 0 Å². The fourth-order valence-corrected chi connectivity index (χ4v) is 11.6. The number of hydrogen-bond acceptors (Lipinski definition) is 2. The molecule has 0 saturated carbocycles. The van der Waals surface area contributed by atoms with Crippen LogP contribution in [0, 0.1) is 0 Å². The van der Waals surface area contributed by atoms with Crippen LogP contribution in [0.25, 0.3) is 104 Å². The molecule has 11 aromatic carbocycles. The number of nitrogens with zero attached hydrogens (tertiary/aromatic N) is 2. The average molecular weight is 869 g/mol. The molecule has 0 N–H and O–H groups in total. The van der Waals surface area contributed by atoms with Crippen molar-refractivity contribution in [3.8, 4) is 39.1 Å². The van der Waals surface area contributed by atoms with E-state index < -0.39 is 0 Å². The number of anilines is 3. The highest BCUT2D eigenvalue weighted by Gasteiger charge is 2.36. The van der Waals surface area contributed by atoms with Crippen LogP contribution in [0.5, 0.6) is 0 Å². The molecule has 13 aromatic rings. The molecule has 0 bridgehead atoms. The molecule has 0 atom stereocenters. The summed E-state index contributed by atoms with van der Waals surface area (Å²) in [6, 6.07) is 84.4. The van der Waals surface area contributed by atoms with Crippen LogP contribution >= 0.6 is 0 Å². The molecule has 1 aliphatic rings. The van der Waals surface area contributed by atoms with Crippen LogP contribution in [-0.4, -0.2) is 4.57 Å². The molecule has 0 unspecified atom stereocenters. The van der Waals surface area contributed by atoms with Crippen molar-refractivity contribution >= 4 is 82.4 Å². The lowest BCUT2D eigenvalue weighted by molar-refractivity contribution is 0.660. The smallest absolute Gasteiger partial charge is 0.145 e. The Morgan fingerprint density at radius 1 is 0.382 bits per heavy atom. The van der Waals surface area contributed by atoms with Gasteiger partial charge >= 0.3 is 0 Å². The maximum absolute atomic E-state index is 7.06. The van der Waals surface area contributed by atoms with Gasteiger partial charge in [0.1, 0.15) is 11.2 Å². The third-order valence-electron chi connectivity index (χ3n) is 14.8. The summed E-state index contributed by atoms with van der Waals surface area (Å²) in [6.07, 6.45) is 0. The Balaban J connectivity index is 1.01. The van der Waals surface area contributed by atoms with E-state index in [0.717, 1.165) is 61.4 Å². The van der Waals surface area contributed by atoms with Crippen LogP contribution in [0.1, 0.15) is 25.0 Å². The van der Waals surface area contributed by atoms with E-state index in [9.17, 15) is 0 Å². The Morgan fingerprint density at radius 2 is 0.956 bits per heavy atom. The minimum Gasteiger partial charge on any atom is -0.455 e. The lowest BCUT2D eigenvalue weighted by Gasteiger charge is -2.30. The summed E-state index contributed by atoms with van der Waals surface area (Å²) in [5, 5.41) is 9.47. The summed E-state index contributed by atoms with van der Waals surface area (Å²) in [4.78, 5) is 2.51. The fourth-order valence-electron chi connectivity index (χ4n) is 11.6. The zero-order valence-corrected chi connectivity index (χ0v) is 37.7. The normalized spacial score (nSPS) is 13.0. The topological polar surface area (TPSA) is 21.3 Å². The lowest BCUT2D eigenvalue weighted by Crippen LogP contribution is -2.15. The van der Waals surface area contributed by atoms with E-state index >= 15 is 0 Å². The molecule has 320 valence electrons. The van der Waals surface area contributed by atoms with Crippen molar-refractivity contribution < 1.29 is 4.42 Å². The number of rotatable bonds is 6. The summed E-state index contributed by atoms with van der Waals surface area (Å²) in [5.41, 5.74) is 18.2. The van der Waals surface area contributed by atoms with E-state index in [1.165, 1.54) is 71.2 Å². The van der Waals surface area contributed by atoms with Crippen LogP contribution in [-0.2, 0) is 5.41 Å². The van der Waals surface area contributed by atoms with Crippen molar-refractivity contribution in [2.75, 3.05) is 4.90 Å². The van der Waals surface area contributed by atoms with Gasteiger partial charge < -0.3 is 13.9 Å². The first-order valence-electron chi connectivity index (χ1n) is 23.6. The summed E-state index contributed by atoms with van der Waals surface area (Å²) in [7, 11) is 0. The Labute approximate surface area is 394 Å². The van der Waals surface area contributed by atoms with Crippen molar-refractivity contribution in [2.45, 2.75) is 19.3 Å². The first kappa shape index (κ1) is 38.6. The Bertz CT molecular complexity index is 4130. The minimum atomic E-state index is -0.134. The second-order valence-corrected chi connectivity index (χ2v) is 18.8. The summed E-state index contributed by atoms with van der Waals surface area (Å²) < 4.78 is 9.44. The number of fused-ring (bicyclic) bond motifs is 12. The number of aromatic nitrogens is 1. The molecule has 0 fully saturated rings. The van der Waals surface area contributed by atoms with Gasteiger partial charge in [0.25, 0.3) is 0 Å². The van der Waals surface area contributed by atoms with Gasteiger partial charge in [-0.2, -0.15) is 0 Å². The molecule has 1 aliphatic carbocycles. The molecule has 3 heteroatoms. The van der Waals surface area contributed by atoms with Gasteiger partial charge in [0.2, 0.25) is 0 Å². The molecule has 0 spiro atoms. The monoisotopic (exact) mass is 868 g/mol. The molecular formula is C65H44N2O. The quantitative estimate of drug-likeness (QED) is 0.155. The molecule has 0 amide bonds. The number of furan rings is 1. The van der Waals surface area contributed by atoms with Crippen LogP contribution in [0.3, 0.4) is 0 Å². The van der Waals surface area contributed by atoms with Gasteiger partial charge in [-0.3, -0.25) is 0 Å². The average Bonchev–Trinajstić information content (AvgIpc) is 4.03. The lowest BCUT2D eigenvalue weighted by atomic mass is 9.81. The first-order chi connectivity index (χ1) is 33.5. The van der Waals surface area contributed by atoms with E-state index in [2.05, 4.69) is 254 Å². The zero-order chi connectivity index (χ0) is 45.1. The van der Waals surface area contributed by atoms with Gasteiger partial charge in [-0.25, -0.2) is 0 Å². The minimum absolute atomic E-state index is 0.134. The summed E-state index contributed by atoms with van der Waals surface area (Å²) >= 11 is 0. The van der Waals surface area contributed by atoms with Gasteiger partial charge in [-0.15, -0.1) is 0 Å². The maximum Gasteiger partial charge on any atom is 0.145 e. The van der Waals surface area contributed by atoms with Gasteiger partial charge in [0, 0.05) is 43.8 Å². The van der Waals surface area contributed by atoms with Crippen molar-refractivity contribution in [1.82, 2.24) is 4.57 Å². The molecule has 0 radical (unpaired) electrons. The predicted molar refractivity (Wildman–Crippen MR) is 286 cm³/mol. The number of benzene rings is 11. The molecule has 68 heavy (non-hydrogen) atoms. The molecule has 2 aromatic heterocycles. The molecule has 2 heterocycles.